The first-order valence-corrected chi connectivity index (χ1v) is 8.54. The number of hydrogen-bond acceptors (Lipinski definition) is 3. The fraction of sp³-hybridized carbons (Fsp3) is 0.500. The average molecular weight is 294 g/mol. The molecule has 0 radical (unpaired) electrons. The minimum atomic E-state index is -3.66. The zero-order chi connectivity index (χ0) is 14.6. The number of hydrogen-bond donors (Lipinski definition) is 0. The highest BCUT2D eigenvalue weighted by Crippen LogP contribution is 2.31. The van der Waals surface area contributed by atoms with Crippen LogP contribution in [-0.2, 0) is 14.3 Å². The van der Waals surface area contributed by atoms with E-state index in [1.807, 2.05) is 13.0 Å². The van der Waals surface area contributed by atoms with E-state index >= 15 is 0 Å². The second kappa shape index (κ2) is 6.55. The first kappa shape index (κ1) is 15.3. The molecule has 1 aromatic carbocycles. The fourth-order valence-corrected chi connectivity index (χ4v) is 3.87. The molecule has 0 aliphatic heterocycles. The van der Waals surface area contributed by atoms with Gasteiger partial charge in [0.1, 0.15) is 0 Å². The molecule has 1 aliphatic carbocycles. The highest BCUT2D eigenvalue weighted by molar-refractivity contribution is 7.86. The van der Waals surface area contributed by atoms with Gasteiger partial charge in [0.05, 0.1) is 11.0 Å². The summed E-state index contributed by atoms with van der Waals surface area (Å²) in [6, 6.07) is 6.79. The molecule has 3 nitrogen and oxygen atoms in total. The molecule has 0 N–H and O–H groups in total. The van der Waals surface area contributed by atoms with E-state index in [2.05, 4.69) is 6.58 Å². The minimum Gasteiger partial charge on any atom is -0.263 e. The van der Waals surface area contributed by atoms with Crippen molar-refractivity contribution >= 4 is 10.1 Å². The van der Waals surface area contributed by atoms with Crippen LogP contribution in [0.5, 0.6) is 0 Å². The summed E-state index contributed by atoms with van der Waals surface area (Å²) in [5, 5.41) is 0. The summed E-state index contributed by atoms with van der Waals surface area (Å²) in [7, 11) is -3.66. The first-order valence-electron chi connectivity index (χ1n) is 7.14. The molecule has 0 heterocycles. The van der Waals surface area contributed by atoms with E-state index in [1.54, 1.807) is 24.3 Å². The molecular weight excluding hydrogens is 272 g/mol. The number of aryl methyl sites for hydroxylation is 1. The third kappa shape index (κ3) is 3.70. The molecule has 0 saturated heterocycles. The normalized spacial score (nSPS) is 23.4. The molecule has 110 valence electrons. The van der Waals surface area contributed by atoms with Crippen molar-refractivity contribution in [2.45, 2.75) is 50.0 Å². The van der Waals surface area contributed by atoms with Crippen molar-refractivity contribution < 1.29 is 12.6 Å². The molecule has 20 heavy (non-hydrogen) atoms. The van der Waals surface area contributed by atoms with E-state index < -0.39 is 10.1 Å². The van der Waals surface area contributed by atoms with Crippen molar-refractivity contribution in [1.29, 1.82) is 0 Å². The molecule has 1 aliphatic rings. The summed E-state index contributed by atoms with van der Waals surface area (Å²) in [4.78, 5) is 0.242. The Bertz CT molecular complexity index is 546. The zero-order valence-electron chi connectivity index (χ0n) is 11.9. The van der Waals surface area contributed by atoms with Crippen molar-refractivity contribution in [2.24, 2.45) is 5.92 Å². The van der Waals surface area contributed by atoms with Crippen molar-refractivity contribution in [3.8, 4) is 0 Å². The van der Waals surface area contributed by atoms with E-state index in [0.29, 0.717) is 0 Å². The Labute approximate surface area is 121 Å². The molecule has 2 rings (SSSR count). The zero-order valence-corrected chi connectivity index (χ0v) is 12.7. The third-order valence-electron chi connectivity index (χ3n) is 3.87. The summed E-state index contributed by atoms with van der Waals surface area (Å²) in [5.41, 5.74) is 1.03. The van der Waals surface area contributed by atoms with Crippen LogP contribution in [0.1, 0.15) is 37.7 Å². The van der Waals surface area contributed by atoms with Crippen LogP contribution in [0.2, 0.25) is 0 Å². The van der Waals surface area contributed by atoms with Gasteiger partial charge >= 0.3 is 0 Å². The predicted octanol–water partition coefficient (Wildman–Crippen LogP) is 3.84. The van der Waals surface area contributed by atoms with Crippen LogP contribution in [0.4, 0.5) is 0 Å². The van der Waals surface area contributed by atoms with E-state index in [4.69, 9.17) is 4.18 Å². The fourth-order valence-electron chi connectivity index (χ4n) is 2.71. The predicted molar refractivity (Wildman–Crippen MR) is 80.0 cm³/mol. The highest BCUT2D eigenvalue weighted by Gasteiger charge is 2.30. The van der Waals surface area contributed by atoms with Gasteiger partial charge in [-0.25, -0.2) is 0 Å². The van der Waals surface area contributed by atoms with Crippen LogP contribution >= 0.6 is 0 Å². The standard InChI is InChI=1S/C16H22O3S/c1-3-6-14-7-4-5-8-16(14)19-20(17,18)15-11-9-13(2)10-12-15/h3,9-12,14,16H,1,4-8H2,2H3/t14-,16-/m0/s1. The molecule has 4 heteroatoms. The Balaban J connectivity index is 2.13. The van der Waals surface area contributed by atoms with Crippen molar-refractivity contribution in [1.82, 2.24) is 0 Å². The monoisotopic (exact) mass is 294 g/mol. The van der Waals surface area contributed by atoms with Gasteiger partial charge < -0.3 is 0 Å². The van der Waals surface area contributed by atoms with Gasteiger partial charge in [0.25, 0.3) is 10.1 Å². The smallest absolute Gasteiger partial charge is 0.263 e. The van der Waals surface area contributed by atoms with Gasteiger partial charge in [0.2, 0.25) is 0 Å². The van der Waals surface area contributed by atoms with Gasteiger partial charge in [0.15, 0.2) is 0 Å². The molecule has 1 saturated carbocycles. The van der Waals surface area contributed by atoms with Gasteiger partial charge in [-0.05, 0) is 44.2 Å². The average Bonchev–Trinajstić information content (AvgIpc) is 2.41. The molecular formula is C16H22O3S. The topological polar surface area (TPSA) is 43.4 Å². The molecule has 1 fully saturated rings. The van der Waals surface area contributed by atoms with E-state index in [9.17, 15) is 8.42 Å². The Morgan fingerprint density at radius 2 is 1.90 bits per heavy atom. The summed E-state index contributed by atoms with van der Waals surface area (Å²) in [5.74, 6) is 0.265. The molecule has 0 aromatic heterocycles. The maximum Gasteiger partial charge on any atom is 0.297 e. The third-order valence-corrected chi connectivity index (χ3v) is 5.22. The summed E-state index contributed by atoms with van der Waals surface area (Å²) in [6.45, 7) is 5.68. The number of benzene rings is 1. The molecule has 2 atom stereocenters. The molecule has 1 aromatic rings. The second-order valence-electron chi connectivity index (χ2n) is 5.47. The van der Waals surface area contributed by atoms with Crippen LogP contribution in [0.25, 0.3) is 0 Å². The van der Waals surface area contributed by atoms with Gasteiger partial charge in [0, 0.05) is 0 Å². The Kier molecular flexibility index (Phi) is 5.00. The lowest BCUT2D eigenvalue weighted by molar-refractivity contribution is 0.100. The van der Waals surface area contributed by atoms with Crippen LogP contribution < -0.4 is 0 Å². The maximum atomic E-state index is 12.3. The van der Waals surface area contributed by atoms with Crippen LogP contribution in [0, 0.1) is 12.8 Å². The van der Waals surface area contributed by atoms with E-state index in [0.717, 1.165) is 37.7 Å². The van der Waals surface area contributed by atoms with E-state index in [1.165, 1.54) is 0 Å². The maximum absolute atomic E-state index is 12.3. The molecule has 0 unspecified atom stereocenters. The van der Waals surface area contributed by atoms with E-state index in [-0.39, 0.29) is 16.9 Å². The van der Waals surface area contributed by atoms with Crippen LogP contribution in [-0.4, -0.2) is 14.5 Å². The Morgan fingerprint density at radius 1 is 1.25 bits per heavy atom. The first-order chi connectivity index (χ1) is 9.53. The summed E-state index contributed by atoms with van der Waals surface area (Å²) < 4.78 is 30.1. The van der Waals surface area contributed by atoms with Crippen molar-refractivity contribution in [3.05, 3.63) is 42.5 Å². The van der Waals surface area contributed by atoms with Crippen molar-refractivity contribution in [3.63, 3.8) is 0 Å². The molecule has 0 amide bonds. The van der Waals surface area contributed by atoms with Crippen LogP contribution in [0.3, 0.4) is 0 Å². The van der Waals surface area contributed by atoms with Gasteiger partial charge in [-0.1, -0.05) is 36.6 Å². The Hall–Kier alpha value is -1.13. The lowest BCUT2D eigenvalue weighted by Gasteiger charge is -2.30. The largest absolute Gasteiger partial charge is 0.297 e. The summed E-state index contributed by atoms with van der Waals surface area (Å²) >= 11 is 0. The molecule has 0 bridgehead atoms. The van der Waals surface area contributed by atoms with Gasteiger partial charge in [-0.15, -0.1) is 6.58 Å². The quantitative estimate of drug-likeness (QED) is 0.612. The lowest BCUT2D eigenvalue weighted by atomic mass is 9.84. The summed E-state index contributed by atoms with van der Waals surface area (Å²) in [6.07, 6.45) is 6.45. The van der Waals surface area contributed by atoms with Crippen molar-refractivity contribution in [2.75, 3.05) is 0 Å². The van der Waals surface area contributed by atoms with Gasteiger partial charge in [-0.3, -0.25) is 4.18 Å². The lowest BCUT2D eigenvalue weighted by Crippen LogP contribution is -2.30. The van der Waals surface area contributed by atoms with Gasteiger partial charge in [-0.2, -0.15) is 8.42 Å². The minimum absolute atomic E-state index is 0.215. The SMILES string of the molecule is C=CC[C@H]1CCCC[C@@H]1OS(=O)(=O)c1ccc(C)cc1. The Morgan fingerprint density at radius 3 is 2.55 bits per heavy atom. The highest BCUT2D eigenvalue weighted by atomic mass is 32.2. The van der Waals surface area contributed by atoms with Crippen LogP contribution in [0.15, 0.2) is 41.8 Å². The second-order valence-corrected chi connectivity index (χ2v) is 7.04. The number of rotatable bonds is 5. The number of allylic oxidation sites excluding steroid dienone is 1. The molecule has 0 spiro atoms.